The molecule has 0 amide bonds. The van der Waals surface area contributed by atoms with E-state index in [0.29, 0.717) is 0 Å². The van der Waals surface area contributed by atoms with Crippen molar-refractivity contribution in [2.75, 3.05) is 14.2 Å². The fourth-order valence-electron chi connectivity index (χ4n) is 1.23. The van der Waals surface area contributed by atoms with E-state index in [-0.39, 0.29) is 0 Å². The van der Waals surface area contributed by atoms with Gasteiger partial charge in [0.1, 0.15) is 5.75 Å². The number of rotatable bonds is 3. The lowest BCUT2D eigenvalue weighted by atomic mass is 10.1. The van der Waals surface area contributed by atoms with E-state index in [9.17, 15) is 0 Å². The largest absolute Gasteiger partial charge is 0.504 e. The Morgan fingerprint density at radius 2 is 2.07 bits per heavy atom. The SMILES string of the molecule is COC=C(C)c1ccc(Br)cc1OC. The Kier molecular flexibility index (Phi) is 4.01. The van der Waals surface area contributed by atoms with Crippen LogP contribution in [0.4, 0.5) is 0 Å². The van der Waals surface area contributed by atoms with Gasteiger partial charge < -0.3 is 9.47 Å². The first-order chi connectivity index (χ1) is 6.69. The third-order valence-corrected chi connectivity index (χ3v) is 2.38. The summed E-state index contributed by atoms with van der Waals surface area (Å²) in [5.74, 6) is 0.838. The summed E-state index contributed by atoms with van der Waals surface area (Å²) in [5, 5.41) is 0. The first-order valence-corrected chi connectivity index (χ1v) is 5.02. The molecule has 1 rings (SSSR count). The third kappa shape index (κ3) is 2.51. The Labute approximate surface area is 92.7 Å². The second kappa shape index (κ2) is 5.05. The number of halogens is 1. The van der Waals surface area contributed by atoms with Crippen LogP contribution < -0.4 is 4.74 Å². The summed E-state index contributed by atoms with van der Waals surface area (Å²) in [4.78, 5) is 0. The molecule has 0 aliphatic rings. The van der Waals surface area contributed by atoms with Gasteiger partial charge in [0.15, 0.2) is 0 Å². The molecule has 0 aliphatic heterocycles. The standard InChI is InChI=1S/C11H13BrO2/c1-8(7-13-2)10-5-4-9(12)6-11(10)14-3/h4-7H,1-3H3. The summed E-state index contributed by atoms with van der Waals surface area (Å²) in [6, 6.07) is 5.90. The van der Waals surface area contributed by atoms with Crippen LogP contribution in [0.15, 0.2) is 28.9 Å². The Balaban J connectivity index is 3.14. The van der Waals surface area contributed by atoms with Crippen LogP contribution in [0.3, 0.4) is 0 Å². The van der Waals surface area contributed by atoms with E-state index < -0.39 is 0 Å². The summed E-state index contributed by atoms with van der Waals surface area (Å²) >= 11 is 3.39. The highest BCUT2D eigenvalue weighted by atomic mass is 79.9. The maximum atomic E-state index is 5.27. The van der Waals surface area contributed by atoms with Gasteiger partial charge in [-0.05, 0) is 30.7 Å². The maximum Gasteiger partial charge on any atom is 0.127 e. The zero-order valence-electron chi connectivity index (χ0n) is 8.50. The molecule has 0 aromatic heterocycles. The van der Waals surface area contributed by atoms with Crippen LogP contribution in [0.5, 0.6) is 5.75 Å². The highest BCUT2D eigenvalue weighted by molar-refractivity contribution is 9.10. The summed E-state index contributed by atoms with van der Waals surface area (Å²) < 4.78 is 11.2. The Bertz CT molecular complexity index is 345. The number of ether oxygens (including phenoxy) is 2. The van der Waals surface area contributed by atoms with E-state index in [1.165, 1.54) is 0 Å². The smallest absolute Gasteiger partial charge is 0.127 e. The summed E-state index contributed by atoms with van der Waals surface area (Å²) in [5.41, 5.74) is 2.08. The highest BCUT2D eigenvalue weighted by Gasteiger charge is 2.05. The Hall–Kier alpha value is -0.960. The first kappa shape index (κ1) is 11.1. The van der Waals surface area contributed by atoms with Crippen molar-refractivity contribution in [3.63, 3.8) is 0 Å². The quantitative estimate of drug-likeness (QED) is 0.772. The fraction of sp³-hybridized carbons (Fsp3) is 0.273. The minimum absolute atomic E-state index is 0.838. The lowest BCUT2D eigenvalue weighted by Crippen LogP contribution is -1.90. The van der Waals surface area contributed by atoms with Gasteiger partial charge in [-0.2, -0.15) is 0 Å². The summed E-state index contributed by atoms with van der Waals surface area (Å²) in [6.45, 7) is 1.98. The molecule has 0 fully saturated rings. The molecular formula is C11H13BrO2. The predicted octanol–water partition coefficient (Wildman–Crippen LogP) is 3.46. The second-order valence-electron chi connectivity index (χ2n) is 2.88. The molecule has 0 unspecified atom stereocenters. The summed E-state index contributed by atoms with van der Waals surface area (Å²) in [6.07, 6.45) is 1.70. The van der Waals surface area contributed by atoms with Crippen molar-refractivity contribution in [2.24, 2.45) is 0 Å². The minimum atomic E-state index is 0.838. The van der Waals surface area contributed by atoms with Crippen molar-refractivity contribution >= 4 is 21.5 Å². The van der Waals surface area contributed by atoms with Crippen LogP contribution in [0.2, 0.25) is 0 Å². The molecule has 2 nitrogen and oxygen atoms in total. The van der Waals surface area contributed by atoms with Gasteiger partial charge in [0, 0.05) is 10.0 Å². The first-order valence-electron chi connectivity index (χ1n) is 4.22. The molecule has 1 aromatic carbocycles. The average Bonchev–Trinajstić information content (AvgIpc) is 2.17. The van der Waals surface area contributed by atoms with Gasteiger partial charge in [-0.15, -0.1) is 0 Å². The van der Waals surface area contributed by atoms with Crippen molar-refractivity contribution in [3.05, 3.63) is 34.5 Å². The minimum Gasteiger partial charge on any atom is -0.504 e. The fourth-order valence-corrected chi connectivity index (χ4v) is 1.57. The molecule has 0 saturated heterocycles. The van der Waals surface area contributed by atoms with Crippen molar-refractivity contribution in [1.29, 1.82) is 0 Å². The molecule has 0 aliphatic carbocycles. The molecule has 0 atom stereocenters. The van der Waals surface area contributed by atoms with Gasteiger partial charge in [0.25, 0.3) is 0 Å². The maximum absolute atomic E-state index is 5.27. The van der Waals surface area contributed by atoms with Gasteiger partial charge in [-0.25, -0.2) is 0 Å². The number of benzene rings is 1. The molecule has 76 valence electrons. The van der Waals surface area contributed by atoms with Crippen LogP contribution in [0.1, 0.15) is 12.5 Å². The lowest BCUT2D eigenvalue weighted by molar-refractivity contribution is 0.339. The highest BCUT2D eigenvalue weighted by Crippen LogP contribution is 2.28. The van der Waals surface area contributed by atoms with Crippen molar-refractivity contribution in [1.82, 2.24) is 0 Å². The van der Waals surface area contributed by atoms with E-state index in [2.05, 4.69) is 15.9 Å². The van der Waals surface area contributed by atoms with Gasteiger partial charge >= 0.3 is 0 Å². The average molecular weight is 257 g/mol. The zero-order valence-corrected chi connectivity index (χ0v) is 10.1. The lowest BCUT2D eigenvalue weighted by Gasteiger charge is -2.08. The van der Waals surface area contributed by atoms with Gasteiger partial charge in [-0.1, -0.05) is 15.9 Å². The summed E-state index contributed by atoms with van der Waals surface area (Å²) in [7, 11) is 3.29. The van der Waals surface area contributed by atoms with E-state index in [1.807, 2.05) is 25.1 Å². The third-order valence-electron chi connectivity index (χ3n) is 1.88. The molecule has 1 aromatic rings. The zero-order chi connectivity index (χ0) is 10.6. The molecule has 0 spiro atoms. The van der Waals surface area contributed by atoms with Crippen molar-refractivity contribution < 1.29 is 9.47 Å². The number of allylic oxidation sites excluding steroid dienone is 1. The van der Waals surface area contributed by atoms with E-state index in [0.717, 1.165) is 21.4 Å². The number of hydrogen-bond donors (Lipinski definition) is 0. The molecular weight excluding hydrogens is 244 g/mol. The second-order valence-corrected chi connectivity index (χ2v) is 3.80. The van der Waals surface area contributed by atoms with Crippen LogP contribution in [-0.2, 0) is 4.74 Å². The van der Waals surface area contributed by atoms with E-state index >= 15 is 0 Å². The van der Waals surface area contributed by atoms with E-state index in [1.54, 1.807) is 20.5 Å². The molecule has 0 N–H and O–H groups in total. The van der Waals surface area contributed by atoms with Gasteiger partial charge in [0.05, 0.1) is 20.5 Å². The predicted molar refractivity (Wildman–Crippen MR) is 61.4 cm³/mol. The molecule has 3 heteroatoms. The molecule has 0 radical (unpaired) electrons. The van der Waals surface area contributed by atoms with Crippen LogP contribution >= 0.6 is 15.9 Å². The topological polar surface area (TPSA) is 18.5 Å². The van der Waals surface area contributed by atoms with E-state index in [4.69, 9.17) is 9.47 Å². The monoisotopic (exact) mass is 256 g/mol. The van der Waals surface area contributed by atoms with Crippen LogP contribution in [0, 0.1) is 0 Å². The van der Waals surface area contributed by atoms with Crippen molar-refractivity contribution in [3.8, 4) is 5.75 Å². The van der Waals surface area contributed by atoms with Gasteiger partial charge in [0.2, 0.25) is 0 Å². The Morgan fingerprint density at radius 1 is 1.36 bits per heavy atom. The normalized spacial score (nSPS) is 11.3. The Morgan fingerprint density at radius 3 is 2.64 bits per heavy atom. The van der Waals surface area contributed by atoms with Crippen LogP contribution in [0.25, 0.3) is 5.57 Å². The molecule has 14 heavy (non-hydrogen) atoms. The number of methoxy groups -OCH3 is 2. The molecule has 0 saturated carbocycles. The number of hydrogen-bond acceptors (Lipinski definition) is 2. The molecule has 0 heterocycles. The molecule has 0 bridgehead atoms. The van der Waals surface area contributed by atoms with Crippen LogP contribution in [-0.4, -0.2) is 14.2 Å². The van der Waals surface area contributed by atoms with Crippen molar-refractivity contribution in [2.45, 2.75) is 6.92 Å². The van der Waals surface area contributed by atoms with Gasteiger partial charge in [-0.3, -0.25) is 0 Å².